The Balaban J connectivity index is 2.00. The first-order valence-corrected chi connectivity index (χ1v) is 5.21. The largest absolute Gasteiger partial charge is 0.327 e. The molecule has 3 atom stereocenters. The number of nitrogens with zero attached hydrogens (tertiary/aromatic N) is 1. The Morgan fingerprint density at radius 3 is 2.92 bits per heavy atom. The zero-order chi connectivity index (χ0) is 8.55. The third-order valence-corrected chi connectivity index (χ3v) is 3.67. The first-order chi connectivity index (χ1) is 5.77. The number of likely N-dealkylation sites (tertiary alicyclic amines) is 1. The lowest BCUT2D eigenvalue weighted by Crippen LogP contribution is -2.48. The maximum atomic E-state index is 6.12. The van der Waals surface area contributed by atoms with Crippen molar-refractivity contribution in [2.24, 2.45) is 17.6 Å². The molecule has 1 aliphatic heterocycles. The quantitative estimate of drug-likeness (QED) is 0.586. The van der Waals surface area contributed by atoms with Gasteiger partial charge < -0.3 is 10.6 Å². The minimum absolute atomic E-state index is 0.492. The van der Waals surface area contributed by atoms with Crippen LogP contribution in [0.5, 0.6) is 0 Å². The molecule has 0 spiro atoms. The van der Waals surface area contributed by atoms with Crippen molar-refractivity contribution in [3.8, 4) is 0 Å². The first kappa shape index (κ1) is 8.52. The van der Waals surface area contributed by atoms with Gasteiger partial charge in [-0.2, -0.15) is 0 Å². The molecule has 2 fully saturated rings. The molecule has 0 aromatic rings. The third kappa shape index (κ3) is 1.50. The highest BCUT2D eigenvalue weighted by Crippen LogP contribution is 2.34. The Hall–Kier alpha value is -0.0800. The summed E-state index contributed by atoms with van der Waals surface area (Å²) < 4.78 is 0. The molecule has 2 rings (SSSR count). The van der Waals surface area contributed by atoms with Gasteiger partial charge in [0, 0.05) is 12.6 Å². The number of piperidine rings is 1. The van der Waals surface area contributed by atoms with Crippen LogP contribution >= 0.6 is 0 Å². The van der Waals surface area contributed by atoms with Crippen LogP contribution in [0.1, 0.15) is 25.7 Å². The van der Waals surface area contributed by atoms with Crippen LogP contribution in [0.25, 0.3) is 0 Å². The maximum absolute atomic E-state index is 6.12. The third-order valence-electron chi connectivity index (χ3n) is 3.67. The van der Waals surface area contributed by atoms with Crippen molar-refractivity contribution in [3.63, 3.8) is 0 Å². The van der Waals surface area contributed by atoms with Crippen molar-refractivity contribution in [3.05, 3.63) is 0 Å². The normalized spacial score (nSPS) is 44.0. The summed E-state index contributed by atoms with van der Waals surface area (Å²) in [5.74, 6) is 1.75. The molecule has 0 aromatic carbocycles. The Kier molecular flexibility index (Phi) is 2.37. The Morgan fingerprint density at radius 2 is 2.08 bits per heavy atom. The van der Waals surface area contributed by atoms with Gasteiger partial charge in [0.1, 0.15) is 0 Å². The zero-order valence-electron chi connectivity index (χ0n) is 8.00. The fraction of sp³-hybridized carbons (Fsp3) is 1.00. The molecule has 0 amide bonds. The summed E-state index contributed by atoms with van der Waals surface area (Å²) in [6.45, 7) is 2.53. The second kappa shape index (κ2) is 3.35. The molecule has 1 saturated heterocycles. The van der Waals surface area contributed by atoms with Gasteiger partial charge in [-0.25, -0.2) is 0 Å². The average Bonchev–Trinajstić information content (AvgIpc) is 2.07. The van der Waals surface area contributed by atoms with Crippen molar-refractivity contribution in [1.29, 1.82) is 0 Å². The van der Waals surface area contributed by atoms with Crippen LogP contribution in [0.3, 0.4) is 0 Å². The van der Waals surface area contributed by atoms with Gasteiger partial charge in [0.15, 0.2) is 0 Å². The van der Waals surface area contributed by atoms with Gasteiger partial charge in [-0.05, 0) is 44.7 Å². The highest BCUT2D eigenvalue weighted by Gasteiger charge is 2.34. The lowest BCUT2D eigenvalue weighted by molar-refractivity contribution is 0.0887. The first-order valence-electron chi connectivity index (χ1n) is 5.21. The van der Waals surface area contributed by atoms with E-state index in [1.54, 1.807) is 0 Å². The predicted octanol–water partition coefficient (Wildman–Crippen LogP) is 1.07. The van der Waals surface area contributed by atoms with Crippen LogP contribution in [-0.2, 0) is 0 Å². The molecule has 2 N–H and O–H groups in total. The van der Waals surface area contributed by atoms with Crippen molar-refractivity contribution >= 4 is 0 Å². The maximum Gasteiger partial charge on any atom is 0.00820 e. The van der Waals surface area contributed by atoms with Crippen LogP contribution in [0.4, 0.5) is 0 Å². The van der Waals surface area contributed by atoms with E-state index < -0.39 is 0 Å². The molecule has 1 aliphatic carbocycles. The van der Waals surface area contributed by atoms with E-state index in [1.807, 2.05) is 0 Å². The topological polar surface area (TPSA) is 29.3 Å². The van der Waals surface area contributed by atoms with Gasteiger partial charge in [0.05, 0.1) is 0 Å². The minimum atomic E-state index is 0.492. The van der Waals surface area contributed by atoms with Gasteiger partial charge in [-0.15, -0.1) is 0 Å². The summed E-state index contributed by atoms with van der Waals surface area (Å²) >= 11 is 0. The molecule has 2 aliphatic rings. The Morgan fingerprint density at radius 1 is 1.25 bits per heavy atom. The van der Waals surface area contributed by atoms with Crippen LogP contribution < -0.4 is 5.73 Å². The lowest BCUT2D eigenvalue weighted by atomic mass is 9.72. The van der Waals surface area contributed by atoms with Gasteiger partial charge in [0.25, 0.3) is 0 Å². The molecule has 3 unspecified atom stereocenters. The molecule has 0 radical (unpaired) electrons. The second-order valence-corrected chi connectivity index (χ2v) is 4.57. The summed E-state index contributed by atoms with van der Waals surface area (Å²) in [4.78, 5) is 2.44. The monoisotopic (exact) mass is 168 g/mol. The fourth-order valence-electron chi connectivity index (χ4n) is 2.87. The van der Waals surface area contributed by atoms with E-state index in [9.17, 15) is 0 Å². The fourth-order valence-corrected chi connectivity index (χ4v) is 2.87. The second-order valence-electron chi connectivity index (χ2n) is 4.57. The molecular formula is C10H20N2. The minimum Gasteiger partial charge on any atom is -0.327 e. The predicted molar refractivity (Wildman–Crippen MR) is 50.9 cm³/mol. The molecule has 1 heterocycles. The Labute approximate surface area is 75.1 Å². The van der Waals surface area contributed by atoms with E-state index in [2.05, 4.69) is 11.9 Å². The molecule has 70 valence electrons. The van der Waals surface area contributed by atoms with Gasteiger partial charge in [-0.3, -0.25) is 0 Å². The summed E-state index contributed by atoms with van der Waals surface area (Å²) in [6, 6.07) is 0.492. The van der Waals surface area contributed by atoms with E-state index in [0.717, 1.165) is 11.8 Å². The van der Waals surface area contributed by atoms with Gasteiger partial charge in [-0.1, -0.05) is 6.42 Å². The summed E-state index contributed by atoms with van der Waals surface area (Å²) in [7, 11) is 2.22. The van der Waals surface area contributed by atoms with E-state index in [4.69, 9.17) is 5.73 Å². The van der Waals surface area contributed by atoms with Crippen LogP contribution in [0.2, 0.25) is 0 Å². The smallest absolute Gasteiger partial charge is 0.00820 e. The molecule has 0 bridgehead atoms. The van der Waals surface area contributed by atoms with Gasteiger partial charge >= 0.3 is 0 Å². The zero-order valence-corrected chi connectivity index (χ0v) is 8.00. The standard InChI is InChI=1S/C10H20N2/c1-12-6-5-8-3-2-4-10(11)9(8)7-12/h8-10H,2-7,11H2,1H3. The Bertz CT molecular complexity index is 158. The van der Waals surface area contributed by atoms with Crippen LogP contribution in [0.15, 0.2) is 0 Å². The number of rotatable bonds is 0. The summed E-state index contributed by atoms with van der Waals surface area (Å²) in [5, 5.41) is 0. The van der Waals surface area contributed by atoms with Crippen molar-refractivity contribution in [2.45, 2.75) is 31.7 Å². The van der Waals surface area contributed by atoms with E-state index in [1.165, 1.54) is 38.8 Å². The molecule has 0 aromatic heterocycles. The number of hydrogen-bond acceptors (Lipinski definition) is 2. The molecule has 2 heteroatoms. The van der Waals surface area contributed by atoms with E-state index in [-0.39, 0.29) is 0 Å². The van der Waals surface area contributed by atoms with Crippen molar-refractivity contribution in [1.82, 2.24) is 4.90 Å². The van der Waals surface area contributed by atoms with Crippen molar-refractivity contribution in [2.75, 3.05) is 20.1 Å². The van der Waals surface area contributed by atoms with Crippen LogP contribution in [-0.4, -0.2) is 31.1 Å². The highest BCUT2D eigenvalue weighted by atomic mass is 15.1. The number of fused-ring (bicyclic) bond motifs is 1. The summed E-state index contributed by atoms with van der Waals surface area (Å²) in [6.07, 6.45) is 5.45. The van der Waals surface area contributed by atoms with Crippen LogP contribution in [0, 0.1) is 11.8 Å². The average molecular weight is 168 g/mol. The molecular weight excluding hydrogens is 148 g/mol. The van der Waals surface area contributed by atoms with E-state index >= 15 is 0 Å². The lowest BCUT2D eigenvalue weighted by Gasteiger charge is -2.43. The van der Waals surface area contributed by atoms with Gasteiger partial charge in [0.2, 0.25) is 0 Å². The van der Waals surface area contributed by atoms with Crippen molar-refractivity contribution < 1.29 is 0 Å². The summed E-state index contributed by atoms with van der Waals surface area (Å²) in [5.41, 5.74) is 6.12. The molecule has 12 heavy (non-hydrogen) atoms. The number of hydrogen-bond donors (Lipinski definition) is 1. The molecule has 1 saturated carbocycles. The number of nitrogens with two attached hydrogens (primary N) is 1. The molecule has 2 nitrogen and oxygen atoms in total. The highest BCUT2D eigenvalue weighted by molar-refractivity contribution is 4.89. The SMILES string of the molecule is CN1CCC2CCCC(N)C2C1. The van der Waals surface area contributed by atoms with E-state index in [0.29, 0.717) is 6.04 Å².